The van der Waals surface area contributed by atoms with Crippen LogP contribution < -0.4 is 15.8 Å². The number of hydrogen-bond donors (Lipinski definition) is 4. The first-order chi connectivity index (χ1) is 16.4. The van der Waals surface area contributed by atoms with Crippen LogP contribution in [0.3, 0.4) is 0 Å². The van der Waals surface area contributed by atoms with Crippen LogP contribution in [0.1, 0.15) is 84.8 Å². The standard InChI is InChI=1S/C28H49ClN2O4/c1-7-8-13-31-27(34)25(33)12-10-22(30)16-21(19(2)3)14-20-9-11-24(28(4,5)6)26(15-20)35-18-23(32)17-29/h9,11,15,19,21-23,25,32-33H,7-8,10,12-14,16-18,30H2,1-6H3,(H,31,34)/t21-,22-,23-,25-/m0/s1. The number of halogens is 1. The average molecular weight is 513 g/mol. The highest BCUT2D eigenvalue weighted by Gasteiger charge is 2.23. The number of rotatable bonds is 16. The minimum atomic E-state index is -1.01. The van der Waals surface area contributed by atoms with Gasteiger partial charge in [-0.25, -0.2) is 0 Å². The first-order valence-electron chi connectivity index (χ1n) is 13.1. The minimum Gasteiger partial charge on any atom is -0.491 e. The Bertz CT molecular complexity index is 751. The Labute approximate surface area is 218 Å². The van der Waals surface area contributed by atoms with Gasteiger partial charge in [-0.3, -0.25) is 4.79 Å². The summed E-state index contributed by atoms with van der Waals surface area (Å²) in [5.41, 5.74) is 8.59. The number of carbonyl (C=O) groups is 1. The van der Waals surface area contributed by atoms with Crippen molar-refractivity contribution in [2.24, 2.45) is 17.6 Å². The Kier molecular flexibility index (Phi) is 14.2. The number of nitrogens with one attached hydrogen (secondary N) is 1. The Hall–Kier alpha value is -1.34. The van der Waals surface area contributed by atoms with Gasteiger partial charge in [-0.05, 0) is 66.5 Å². The van der Waals surface area contributed by atoms with E-state index in [0.29, 0.717) is 31.2 Å². The van der Waals surface area contributed by atoms with Crippen LogP contribution in [0.2, 0.25) is 0 Å². The Morgan fingerprint density at radius 1 is 1.20 bits per heavy atom. The lowest BCUT2D eigenvalue weighted by Gasteiger charge is -2.27. The summed E-state index contributed by atoms with van der Waals surface area (Å²) >= 11 is 5.74. The number of benzene rings is 1. The fourth-order valence-corrected chi connectivity index (χ4v) is 4.16. The maximum Gasteiger partial charge on any atom is 0.248 e. The van der Waals surface area contributed by atoms with Crippen LogP contribution in [0.25, 0.3) is 0 Å². The first kappa shape index (κ1) is 31.7. The van der Waals surface area contributed by atoms with Gasteiger partial charge in [0.15, 0.2) is 0 Å². The second-order valence-corrected chi connectivity index (χ2v) is 11.4. The van der Waals surface area contributed by atoms with E-state index in [-0.39, 0.29) is 29.9 Å². The number of aliphatic hydroxyl groups excluding tert-OH is 2. The number of hydrogen-bond acceptors (Lipinski definition) is 5. The second kappa shape index (κ2) is 15.7. The summed E-state index contributed by atoms with van der Waals surface area (Å²) in [5.74, 6) is 1.38. The van der Waals surface area contributed by atoms with E-state index in [1.807, 2.05) is 0 Å². The molecule has 1 aromatic rings. The summed E-state index contributed by atoms with van der Waals surface area (Å²) in [6.45, 7) is 13.6. The van der Waals surface area contributed by atoms with Gasteiger partial charge < -0.3 is 26.0 Å². The fourth-order valence-electron chi connectivity index (χ4n) is 4.07. The lowest BCUT2D eigenvalue weighted by atomic mass is 9.81. The molecule has 0 spiro atoms. The molecule has 35 heavy (non-hydrogen) atoms. The zero-order valence-corrected chi connectivity index (χ0v) is 23.4. The highest BCUT2D eigenvalue weighted by atomic mass is 35.5. The average Bonchev–Trinajstić information content (AvgIpc) is 2.79. The van der Waals surface area contributed by atoms with Crippen molar-refractivity contribution in [3.8, 4) is 5.75 Å². The molecule has 1 aromatic carbocycles. The van der Waals surface area contributed by atoms with Crippen molar-refractivity contribution < 1.29 is 19.7 Å². The van der Waals surface area contributed by atoms with Crippen molar-refractivity contribution in [3.63, 3.8) is 0 Å². The molecule has 1 amide bonds. The first-order valence-corrected chi connectivity index (χ1v) is 13.6. The number of ether oxygens (including phenoxy) is 1. The van der Waals surface area contributed by atoms with Crippen molar-refractivity contribution >= 4 is 17.5 Å². The van der Waals surface area contributed by atoms with E-state index in [1.54, 1.807) is 0 Å². The zero-order chi connectivity index (χ0) is 26.6. The normalized spacial score (nSPS) is 15.5. The van der Waals surface area contributed by atoms with Gasteiger partial charge in [-0.1, -0.05) is 60.1 Å². The van der Waals surface area contributed by atoms with Crippen LogP contribution in [0.15, 0.2) is 18.2 Å². The van der Waals surface area contributed by atoms with Gasteiger partial charge in [0.1, 0.15) is 24.6 Å². The topological polar surface area (TPSA) is 105 Å². The molecule has 0 aliphatic rings. The highest BCUT2D eigenvalue weighted by Crippen LogP contribution is 2.34. The van der Waals surface area contributed by atoms with Gasteiger partial charge >= 0.3 is 0 Å². The summed E-state index contributed by atoms with van der Waals surface area (Å²) in [5, 5.41) is 22.8. The maximum atomic E-state index is 12.0. The van der Waals surface area contributed by atoms with Crippen LogP contribution in [0, 0.1) is 11.8 Å². The molecule has 1 rings (SSSR count). The van der Waals surface area contributed by atoms with Crippen LogP contribution in [0.4, 0.5) is 0 Å². The maximum absolute atomic E-state index is 12.0. The Morgan fingerprint density at radius 3 is 2.46 bits per heavy atom. The monoisotopic (exact) mass is 512 g/mol. The second-order valence-electron chi connectivity index (χ2n) is 11.1. The molecule has 0 unspecified atom stereocenters. The molecule has 0 saturated heterocycles. The molecule has 0 heterocycles. The number of carbonyl (C=O) groups excluding carboxylic acids is 1. The van der Waals surface area contributed by atoms with E-state index in [4.69, 9.17) is 22.1 Å². The molecule has 6 nitrogen and oxygen atoms in total. The summed E-state index contributed by atoms with van der Waals surface area (Å²) < 4.78 is 5.98. The molecule has 0 aromatic heterocycles. The third-order valence-electron chi connectivity index (χ3n) is 6.45. The van der Waals surface area contributed by atoms with Crippen molar-refractivity contribution in [1.29, 1.82) is 0 Å². The molecule has 0 aliphatic carbocycles. The van der Waals surface area contributed by atoms with Crippen LogP contribution >= 0.6 is 11.6 Å². The molecule has 202 valence electrons. The quantitative estimate of drug-likeness (QED) is 0.192. The lowest BCUT2D eigenvalue weighted by molar-refractivity contribution is -0.129. The van der Waals surface area contributed by atoms with Crippen LogP contribution in [-0.4, -0.2) is 53.4 Å². The molecule has 0 aliphatic heterocycles. The van der Waals surface area contributed by atoms with E-state index in [0.717, 1.165) is 42.6 Å². The predicted octanol–water partition coefficient (Wildman–Crippen LogP) is 4.55. The molecule has 0 radical (unpaired) electrons. The summed E-state index contributed by atoms with van der Waals surface area (Å²) in [4.78, 5) is 12.0. The van der Waals surface area contributed by atoms with Gasteiger partial charge in [0.05, 0.1) is 5.88 Å². The third-order valence-corrected chi connectivity index (χ3v) is 6.81. The van der Waals surface area contributed by atoms with E-state index < -0.39 is 12.2 Å². The van der Waals surface area contributed by atoms with Crippen molar-refractivity contribution in [3.05, 3.63) is 29.3 Å². The van der Waals surface area contributed by atoms with Gasteiger partial charge in [0.25, 0.3) is 0 Å². The van der Waals surface area contributed by atoms with Crippen molar-refractivity contribution in [2.75, 3.05) is 19.0 Å². The van der Waals surface area contributed by atoms with E-state index in [1.165, 1.54) is 0 Å². The van der Waals surface area contributed by atoms with Crippen molar-refractivity contribution in [1.82, 2.24) is 5.32 Å². The fraction of sp³-hybridized carbons (Fsp3) is 0.750. The van der Waals surface area contributed by atoms with Crippen LogP contribution in [0.5, 0.6) is 5.75 Å². The van der Waals surface area contributed by atoms with E-state index in [2.05, 4.69) is 65.1 Å². The van der Waals surface area contributed by atoms with Crippen LogP contribution in [-0.2, 0) is 16.6 Å². The predicted molar refractivity (Wildman–Crippen MR) is 145 cm³/mol. The molecular formula is C28H49ClN2O4. The van der Waals surface area contributed by atoms with Gasteiger partial charge in [-0.15, -0.1) is 11.6 Å². The summed E-state index contributed by atoms with van der Waals surface area (Å²) in [7, 11) is 0. The number of nitrogens with two attached hydrogens (primary N) is 1. The number of unbranched alkanes of at least 4 members (excludes halogenated alkanes) is 1. The van der Waals surface area contributed by atoms with E-state index >= 15 is 0 Å². The van der Waals surface area contributed by atoms with Gasteiger partial charge in [0.2, 0.25) is 5.91 Å². The smallest absolute Gasteiger partial charge is 0.248 e. The molecule has 4 atom stereocenters. The lowest BCUT2D eigenvalue weighted by Crippen LogP contribution is -2.36. The number of aliphatic hydroxyl groups is 2. The van der Waals surface area contributed by atoms with Crippen molar-refractivity contribution in [2.45, 2.75) is 104 Å². The van der Waals surface area contributed by atoms with Gasteiger partial charge in [0, 0.05) is 12.6 Å². The molecule has 0 bridgehead atoms. The molecule has 0 saturated carbocycles. The zero-order valence-electron chi connectivity index (χ0n) is 22.6. The summed E-state index contributed by atoms with van der Waals surface area (Å²) in [6.07, 6.45) is 2.81. The molecular weight excluding hydrogens is 464 g/mol. The largest absolute Gasteiger partial charge is 0.491 e. The number of alkyl halides is 1. The Morgan fingerprint density at radius 2 is 1.89 bits per heavy atom. The molecule has 7 heteroatoms. The van der Waals surface area contributed by atoms with E-state index in [9.17, 15) is 15.0 Å². The number of amides is 1. The summed E-state index contributed by atoms with van der Waals surface area (Å²) in [6, 6.07) is 6.25. The highest BCUT2D eigenvalue weighted by molar-refractivity contribution is 6.18. The Balaban J connectivity index is 2.80. The molecule has 5 N–H and O–H groups in total. The minimum absolute atomic E-state index is 0.0936. The SMILES string of the molecule is CCCCNC(=O)[C@@H](O)CC[C@H](N)C[C@H](Cc1ccc(C(C)(C)C)c(OC[C@@H](O)CCl)c1)C(C)C. The van der Waals surface area contributed by atoms with Gasteiger partial charge in [-0.2, -0.15) is 0 Å². The third kappa shape index (κ3) is 12.0. The molecule has 0 fully saturated rings.